The van der Waals surface area contributed by atoms with Crippen LogP contribution in [-0.2, 0) is 10.0 Å². The molecule has 5 nitrogen and oxygen atoms in total. The van der Waals surface area contributed by atoms with Gasteiger partial charge in [-0.15, -0.1) is 0 Å². The van der Waals surface area contributed by atoms with Crippen molar-refractivity contribution in [1.29, 1.82) is 0 Å². The Labute approximate surface area is 157 Å². The summed E-state index contributed by atoms with van der Waals surface area (Å²) in [4.78, 5) is 4.38. The average molecular weight is 401 g/mol. The zero-order valence-corrected chi connectivity index (χ0v) is 15.7. The van der Waals surface area contributed by atoms with Crippen LogP contribution in [-0.4, -0.2) is 30.7 Å². The fourth-order valence-electron chi connectivity index (χ4n) is 2.90. The van der Waals surface area contributed by atoms with Gasteiger partial charge in [0, 0.05) is 17.8 Å². The van der Waals surface area contributed by atoms with Crippen molar-refractivity contribution in [2.45, 2.75) is 42.7 Å². The molecule has 1 fully saturated rings. The summed E-state index contributed by atoms with van der Waals surface area (Å²) in [5.74, 6) is 0. The fourth-order valence-corrected chi connectivity index (χ4v) is 4.69. The van der Waals surface area contributed by atoms with E-state index in [1.165, 1.54) is 18.3 Å². The van der Waals surface area contributed by atoms with Crippen molar-refractivity contribution in [3.63, 3.8) is 0 Å². The minimum absolute atomic E-state index is 0.138. The van der Waals surface area contributed by atoms with E-state index < -0.39 is 10.0 Å². The molecular weight excluding hydrogens is 383 g/mol. The Kier molecular flexibility index (Phi) is 5.65. The highest BCUT2D eigenvalue weighted by atomic mass is 35.5. The number of rotatable bonds is 4. The highest BCUT2D eigenvalue weighted by Gasteiger charge is 2.24. The lowest BCUT2D eigenvalue weighted by molar-refractivity contribution is 0.120. The Morgan fingerprint density at radius 3 is 2.32 bits per heavy atom. The van der Waals surface area contributed by atoms with E-state index in [9.17, 15) is 13.5 Å². The van der Waals surface area contributed by atoms with Crippen LogP contribution in [0.25, 0.3) is 11.3 Å². The number of aliphatic hydroxyl groups excluding tert-OH is 1. The first-order valence-electron chi connectivity index (χ1n) is 7.97. The van der Waals surface area contributed by atoms with Crippen LogP contribution in [0.3, 0.4) is 0 Å². The highest BCUT2D eigenvalue weighted by molar-refractivity contribution is 7.89. The summed E-state index contributed by atoms with van der Waals surface area (Å²) in [6.45, 7) is 0. The molecule has 0 saturated heterocycles. The normalized spacial score (nSPS) is 21.2. The van der Waals surface area contributed by atoms with E-state index in [4.69, 9.17) is 23.2 Å². The molecule has 0 spiro atoms. The Morgan fingerprint density at radius 2 is 1.72 bits per heavy atom. The molecule has 1 aliphatic carbocycles. The second kappa shape index (κ2) is 7.60. The van der Waals surface area contributed by atoms with Gasteiger partial charge in [0.15, 0.2) is 0 Å². The molecule has 0 radical (unpaired) electrons. The molecule has 0 amide bonds. The van der Waals surface area contributed by atoms with E-state index in [0.717, 1.165) is 0 Å². The number of halogens is 2. The van der Waals surface area contributed by atoms with Crippen molar-refractivity contribution in [1.82, 2.24) is 9.71 Å². The Bertz CT molecular complexity index is 849. The zero-order valence-electron chi connectivity index (χ0n) is 13.3. The van der Waals surface area contributed by atoms with Crippen molar-refractivity contribution in [2.24, 2.45) is 0 Å². The molecule has 134 valence electrons. The molecule has 0 aliphatic heterocycles. The maximum atomic E-state index is 12.5. The maximum absolute atomic E-state index is 12.5. The third-order valence-electron chi connectivity index (χ3n) is 4.26. The van der Waals surface area contributed by atoms with Gasteiger partial charge in [0.1, 0.15) is 0 Å². The molecule has 0 unspecified atom stereocenters. The summed E-state index contributed by atoms with van der Waals surface area (Å²) < 4.78 is 27.7. The summed E-state index contributed by atoms with van der Waals surface area (Å²) in [7, 11) is -3.60. The Morgan fingerprint density at radius 1 is 1.08 bits per heavy atom. The minimum atomic E-state index is -3.60. The summed E-state index contributed by atoms with van der Waals surface area (Å²) in [6, 6.07) is 7.85. The first-order chi connectivity index (χ1) is 11.8. The largest absolute Gasteiger partial charge is 0.393 e. The predicted molar refractivity (Wildman–Crippen MR) is 98.3 cm³/mol. The molecule has 1 aliphatic rings. The van der Waals surface area contributed by atoms with E-state index >= 15 is 0 Å². The van der Waals surface area contributed by atoms with Crippen LogP contribution < -0.4 is 4.72 Å². The number of hydrogen-bond acceptors (Lipinski definition) is 4. The second-order valence-electron chi connectivity index (χ2n) is 6.14. The standard InChI is InChI=1S/C17H18Cl2N2O3S/c18-12-9-16(19)17(20-10-12)11-1-7-15(8-2-11)25(23,24)21-13-3-5-14(22)6-4-13/h1-2,7-10,13-14,21-22H,3-6H2/t13-,14-. The smallest absolute Gasteiger partial charge is 0.240 e. The second-order valence-corrected chi connectivity index (χ2v) is 8.69. The van der Waals surface area contributed by atoms with Crippen molar-refractivity contribution in [3.05, 3.63) is 46.6 Å². The molecule has 2 aromatic rings. The number of nitrogens with zero attached hydrogens (tertiary/aromatic N) is 1. The van der Waals surface area contributed by atoms with Gasteiger partial charge in [-0.05, 0) is 43.9 Å². The predicted octanol–water partition coefficient (Wildman–Crippen LogP) is 3.64. The quantitative estimate of drug-likeness (QED) is 0.820. The van der Waals surface area contributed by atoms with Gasteiger partial charge >= 0.3 is 0 Å². The van der Waals surface area contributed by atoms with Gasteiger partial charge in [0.25, 0.3) is 0 Å². The molecule has 0 atom stereocenters. The van der Waals surface area contributed by atoms with Gasteiger partial charge in [0.05, 0.1) is 26.7 Å². The van der Waals surface area contributed by atoms with E-state index in [1.807, 2.05) is 0 Å². The molecule has 1 saturated carbocycles. The summed E-state index contributed by atoms with van der Waals surface area (Å²) in [5.41, 5.74) is 1.26. The zero-order chi connectivity index (χ0) is 18.0. The number of benzene rings is 1. The average Bonchev–Trinajstić information content (AvgIpc) is 2.57. The van der Waals surface area contributed by atoms with Crippen LogP contribution in [0.4, 0.5) is 0 Å². The molecule has 25 heavy (non-hydrogen) atoms. The molecular formula is C17H18Cl2N2O3S. The van der Waals surface area contributed by atoms with Crippen LogP contribution in [0.2, 0.25) is 10.0 Å². The van der Waals surface area contributed by atoms with Gasteiger partial charge < -0.3 is 5.11 Å². The van der Waals surface area contributed by atoms with Gasteiger partial charge in [-0.1, -0.05) is 35.3 Å². The van der Waals surface area contributed by atoms with Crippen LogP contribution in [0, 0.1) is 0 Å². The van der Waals surface area contributed by atoms with Crippen LogP contribution >= 0.6 is 23.2 Å². The molecule has 2 N–H and O–H groups in total. The highest BCUT2D eigenvalue weighted by Crippen LogP contribution is 2.29. The molecule has 0 bridgehead atoms. The molecule has 8 heteroatoms. The van der Waals surface area contributed by atoms with Crippen molar-refractivity contribution in [2.75, 3.05) is 0 Å². The molecule has 1 heterocycles. The van der Waals surface area contributed by atoms with E-state index in [2.05, 4.69) is 9.71 Å². The van der Waals surface area contributed by atoms with E-state index in [-0.39, 0.29) is 17.0 Å². The number of hydrogen-bond donors (Lipinski definition) is 2. The van der Waals surface area contributed by atoms with E-state index in [0.29, 0.717) is 47.0 Å². The molecule has 3 rings (SSSR count). The van der Waals surface area contributed by atoms with Crippen LogP contribution in [0.1, 0.15) is 25.7 Å². The van der Waals surface area contributed by atoms with Gasteiger partial charge in [0.2, 0.25) is 10.0 Å². The molecule has 1 aromatic carbocycles. The summed E-state index contributed by atoms with van der Waals surface area (Å²) in [5, 5.41) is 10.4. The first kappa shape index (κ1) is 18.6. The monoisotopic (exact) mass is 400 g/mol. The Balaban J connectivity index is 1.77. The third kappa shape index (κ3) is 4.51. The lowest BCUT2D eigenvalue weighted by Gasteiger charge is -2.26. The van der Waals surface area contributed by atoms with E-state index in [1.54, 1.807) is 18.2 Å². The number of sulfonamides is 1. The van der Waals surface area contributed by atoms with Crippen LogP contribution in [0.5, 0.6) is 0 Å². The van der Waals surface area contributed by atoms with Crippen molar-refractivity contribution < 1.29 is 13.5 Å². The number of aliphatic hydroxyl groups is 1. The number of aromatic nitrogens is 1. The fraction of sp³-hybridized carbons (Fsp3) is 0.353. The maximum Gasteiger partial charge on any atom is 0.240 e. The number of nitrogens with one attached hydrogen (secondary N) is 1. The molecule has 1 aromatic heterocycles. The first-order valence-corrected chi connectivity index (χ1v) is 10.2. The van der Waals surface area contributed by atoms with Gasteiger partial charge in [-0.2, -0.15) is 0 Å². The number of pyridine rings is 1. The van der Waals surface area contributed by atoms with Gasteiger partial charge in [-0.25, -0.2) is 13.1 Å². The third-order valence-corrected chi connectivity index (χ3v) is 6.30. The van der Waals surface area contributed by atoms with Crippen molar-refractivity contribution in [3.8, 4) is 11.3 Å². The Hall–Kier alpha value is -1.18. The lowest BCUT2D eigenvalue weighted by atomic mass is 9.94. The lowest BCUT2D eigenvalue weighted by Crippen LogP contribution is -2.38. The topological polar surface area (TPSA) is 79.3 Å². The SMILES string of the molecule is O=S(=O)(N[C@H]1CC[C@H](O)CC1)c1ccc(-c2ncc(Cl)cc2Cl)cc1. The minimum Gasteiger partial charge on any atom is -0.393 e. The van der Waals surface area contributed by atoms with Crippen LogP contribution in [0.15, 0.2) is 41.4 Å². The van der Waals surface area contributed by atoms with Gasteiger partial charge in [-0.3, -0.25) is 4.98 Å². The summed E-state index contributed by atoms with van der Waals surface area (Å²) in [6.07, 6.45) is 3.69. The summed E-state index contributed by atoms with van der Waals surface area (Å²) >= 11 is 12.0. The van der Waals surface area contributed by atoms with Crippen molar-refractivity contribution >= 4 is 33.2 Å².